The van der Waals surface area contributed by atoms with Gasteiger partial charge in [-0.05, 0) is 59.3 Å². The number of nitro groups is 1. The Morgan fingerprint density at radius 2 is 1.96 bits per heavy atom. The van der Waals surface area contributed by atoms with Gasteiger partial charge in [-0.1, -0.05) is 0 Å². The first-order valence-electron chi connectivity index (χ1n) is 7.77. The maximum atomic E-state index is 10.8. The first-order chi connectivity index (χ1) is 11.5. The van der Waals surface area contributed by atoms with Gasteiger partial charge in [-0.2, -0.15) is 0 Å². The second-order valence-electron chi connectivity index (χ2n) is 5.98. The molecule has 0 fully saturated rings. The molecule has 24 heavy (non-hydrogen) atoms. The number of anilines is 1. The molecule has 0 unspecified atom stereocenters. The first kappa shape index (κ1) is 16.7. The number of hydrogen-bond acceptors (Lipinski definition) is 5. The fourth-order valence-corrected chi connectivity index (χ4v) is 3.44. The van der Waals surface area contributed by atoms with Crippen LogP contribution in [0.3, 0.4) is 0 Å². The molecule has 126 valence electrons. The zero-order chi connectivity index (χ0) is 17.3. The van der Waals surface area contributed by atoms with Crippen molar-refractivity contribution in [3.05, 3.63) is 50.1 Å². The zero-order valence-electron chi connectivity index (χ0n) is 13.6. The summed E-state index contributed by atoms with van der Waals surface area (Å²) in [5, 5.41) is 10.8. The molecule has 0 N–H and O–H groups in total. The fourth-order valence-electron chi connectivity index (χ4n) is 3.02. The summed E-state index contributed by atoms with van der Waals surface area (Å²) in [6.07, 6.45) is 5.53. The fraction of sp³-hybridized carbons (Fsp3) is 0.353. The lowest BCUT2D eigenvalue weighted by molar-refractivity contribution is -0.385. The number of nitrogens with zero attached hydrogens (tertiary/aromatic N) is 3. The van der Waals surface area contributed by atoms with Crippen molar-refractivity contribution in [2.75, 3.05) is 19.0 Å². The maximum Gasteiger partial charge on any atom is 0.288 e. The van der Waals surface area contributed by atoms with Gasteiger partial charge >= 0.3 is 0 Å². The van der Waals surface area contributed by atoms with Crippen molar-refractivity contribution in [2.45, 2.75) is 25.7 Å². The van der Waals surface area contributed by atoms with Crippen molar-refractivity contribution in [3.63, 3.8) is 0 Å². The van der Waals surface area contributed by atoms with Gasteiger partial charge in [0.1, 0.15) is 11.9 Å². The number of halogens is 1. The van der Waals surface area contributed by atoms with Crippen LogP contribution in [0, 0.1) is 10.1 Å². The highest BCUT2D eigenvalue weighted by Crippen LogP contribution is 2.39. The molecule has 1 heterocycles. The lowest BCUT2D eigenvalue weighted by atomic mass is 9.89. The Morgan fingerprint density at radius 1 is 1.25 bits per heavy atom. The summed E-state index contributed by atoms with van der Waals surface area (Å²) in [7, 11) is 4.08. The molecule has 6 nitrogen and oxygen atoms in total. The van der Waals surface area contributed by atoms with Gasteiger partial charge < -0.3 is 9.64 Å². The Kier molecular flexibility index (Phi) is 4.71. The summed E-state index contributed by atoms with van der Waals surface area (Å²) in [6, 6.07) is 5.41. The third-order valence-electron chi connectivity index (χ3n) is 4.16. The van der Waals surface area contributed by atoms with Gasteiger partial charge in [0.2, 0.25) is 5.88 Å². The van der Waals surface area contributed by atoms with Crippen LogP contribution in [0.15, 0.2) is 28.9 Å². The van der Waals surface area contributed by atoms with Crippen LogP contribution >= 0.6 is 15.9 Å². The molecule has 0 radical (unpaired) electrons. The van der Waals surface area contributed by atoms with E-state index in [-0.39, 0.29) is 5.69 Å². The molecule has 0 bridgehead atoms. The summed E-state index contributed by atoms with van der Waals surface area (Å²) in [5.74, 6) is 1.11. The number of pyridine rings is 1. The summed E-state index contributed by atoms with van der Waals surface area (Å²) in [5.41, 5.74) is 3.67. The first-order valence-corrected chi connectivity index (χ1v) is 8.56. The molecule has 3 rings (SSSR count). The minimum absolute atomic E-state index is 0.0702. The average Bonchev–Trinajstić information content (AvgIpc) is 2.56. The van der Waals surface area contributed by atoms with Gasteiger partial charge in [0.05, 0.1) is 9.40 Å². The van der Waals surface area contributed by atoms with E-state index in [2.05, 4.69) is 31.9 Å². The third-order valence-corrected chi connectivity index (χ3v) is 4.73. The van der Waals surface area contributed by atoms with Crippen LogP contribution in [0.4, 0.5) is 11.4 Å². The molecular weight excluding hydrogens is 374 g/mol. The second kappa shape index (κ2) is 6.76. The monoisotopic (exact) mass is 391 g/mol. The van der Waals surface area contributed by atoms with Crippen molar-refractivity contribution in [1.82, 2.24) is 4.98 Å². The highest BCUT2D eigenvalue weighted by atomic mass is 79.9. The molecule has 7 heteroatoms. The Bertz CT molecular complexity index is 793. The Balaban J connectivity index is 1.98. The van der Waals surface area contributed by atoms with Crippen molar-refractivity contribution in [3.8, 4) is 11.6 Å². The van der Waals surface area contributed by atoms with Crippen molar-refractivity contribution < 1.29 is 9.66 Å². The molecule has 0 saturated heterocycles. The molecule has 1 aromatic carbocycles. The molecule has 1 aliphatic carbocycles. The van der Waals surface area contributed by atoms with E-state index in [1.54, 1.807) is 0 Å². The zero-order valence-corrected chi connectivity index (χ0v) is 15.2. The average molecular weight is 392 g/mol. The Morgan fingerprint density at radius 3 is 2.58 bits per heavy atom. The van der Waals surface area contributed by atoms with Crippen LogP contribution in [0.1, 0.15) is 24.0 Å². The molecular formula is C17H18BrN3O3. The van der Waals surface area contributed by atoms with Gasteiger partial charge in [0.15, 0.2) is 0 Å². The molecule has 0 amide bonds. The van der Waals surface area contributed by atoms with E-state index >= 15 is 0 Å². The van der Waals surface area contributed by atoms with Crippen molar-refractivity contribution in [2.24, 2.45) is 0 Å². The summed E-state index contributed by atoms with van der Waals surface area (Å²) < 4.78 is 6.45. The maximum absolute atomic E-state index is 10.8. The van der Waals surface area contributed by atoms with E-state index < -0.39 is 4.92 Å². The predicted octanol–water partition coefficient (Wildman–Crippen LogP) is 4.49. The van der Waals surface area contributed by atoms with E-state index in [4.69, 9.17) is 4.74 Å². The van der Waals surface area contributed by atoms with Crippen LogP contribution in [0.5, 0.6) is 11.6 Å². The van der Waals surface area contributed by atoms with E-state index in [0.717, 1.165) is 25.0 Å². The smallest absolute Gasteiger partial charge is 0.288 e. The van der Waals surface area contributed by atoms with Gasteiger partial charge in [-0.25, -0.2) is 4.98 Å². The summed E-state index contributed by atoms with van der Waals surface area (Å²) in [6.45, 7) is 0. The lowest BCUT2D eigenvalue weighted by Crippen LogP contribution is -2.15. The van der Waals surface area contributed by atoms with Gasteiger partial charge in [-0.3, -0.25) is 10.1 Å². The molecule has 0 saturated carbocycles. The predicted molar refractivity (Wildman–Crippen MR) is 96.1 cm³/mol. The standard InChI is InChI=1S/C17H18BrN3O3/c1-20(2)15-7-8-16(13-6-4-3-5-12(13)15)24-17-14(18)9-11(10-19-17)21(22)23/h7-10H,3-6H2,1-2H3. The quantitative estimate of drug-likeness (QED) is 0.567. The Hall–Kier alpha value is -2.15. The highest BCUT2D eigenvalue weighted by Gasteiger charge is 2.20. The van der Waals surface area contributed by atoms with Crippen LogP contribution in [0.25, 0.3) is 0 Å². The number of ether oxygens (including phenoxy) is 1. The summed E-state index contributed by atoms with van der Waals surface area (Å²) in [4.78, 5) is 16.5. The van der Waals surface area contributed by atoms with E-state index in [1.807, 2.05) is 20.2 Å². The van der Waals surface area contributed by atoms with Gasteiger partial charge in [0.25, 0.3) is 5.69 Å². The normalized spacial score (nSPS) is 13.3. The molecule has 2 aromatic rings. The number of hydrogen-bond donors (Lipinski definition) is 0. The molecule has 0 aliphatic heterocycles. The third kappa shape index (κ3) is 3.21. The van der Waals surface area contributed by atoms with E-state index in [0.29, 0.717) is 10.4 Å². The minimum Gasteiger partial charge on any atom is -0.438 e. The van der Waals surface area contributed by atoms with E-state index in [1.165, 1.54) is 35.5 Å². The largest absolute Gasteiger partial charge is 0.438 e. The molecule has 1 aromatic heterocycles. The molecule has 0 atom stereocenters. The van der Waals surface area contributed by atoms with Crippen LogP contribution < -0.4 is 9.64 Å². The van der Waals surface area contributed by atoms with Crippen molar-refractivity contribution in [1.29, 1.82) is 0 Å². The number of benzene rings is 1. The van der Waals surface area contributed by atoms with Crippen molar-refractivity contribution >= 4 is 27.3 Å². The topological polar surface area (TPSA) is 68.5 Å². The minimum atomic E-state index is -0.477. The number of aromatic nitrogens is 1. The highest BCUT2D eigenvalue weighted by molar-refractivity contribution is 9.10. The van der Waals surface area contributed by atoms with E-state index in [9.17, 15) is 10.1 Å². The summed E-state index contributed by atoms with van der Waals surface area (Å²) >= 11 is 3.31. The second-order valence-corrected chi connectivity index (χ2v) is 6.84. The van der Waals surface area contributed by atoms with Gasteiger partial charge in [-0.15, -0.1) is 0 Å². The number of rotatable bonds is 4. The van der Waals surface area contributed by atoms with Crippen LogP contribution in [0.2, 0.25) is 0 Å². The van der Waals surface area contributed by atoms with Crippen LogP contribution in [-0.2, 0) is 12.8 Å². The SMILES string of the molecule is CN(C)c1ccc(Oc2ncc([N+](=O)[O-])cc2Br)c2c1CCCC2. The number of fused-ring (bicyclic) bond motifs is 1. The molecule has 0 spiro atoms. The molecule has 1 aliphatic rings. The Labute approximate surface area is 148 Å². The van der Waals surface area contributed by atoms with Crippen LogP contribution in [-0.4, -0.2) is 24.0 Å². The lowest BCUT2D eigenvalue weighted by Gasteiger charge is -2.25. The van der Waals surface area contributed by atoms with Gasteiger partial charge in [0, 0.05) is 31.4 Å².